The van der Waals surface area contributed by atoms with E-state index in [2.05, 4.69) is 28.5 Å². The van der Waals surface area contributed by atoms with Gasteiger partial charge in [-0.05, 0) is 43.3 Å². The highest BCUT2D eigenvalue weighted by molar-refractivity contribution is 5.34. The van der Waals surface area contributed by atoms with Gasteiger partial charge in [0.05, 0.1) is 13.2 Å². The maximum absolute atomic E-state index is 5.17. The molecule has 0 spiro atoms. The van der Waals surface area contributed by atoms with E-state index in [0.717, 1.165) is 17.0 Å². The first-order valence-electron chi connectivity index (χ1n) is 5.98. The van der Waals surface area contributed by atoms with Crippen molar-refractivity contribution < 1.29 is 4.74 Å². The summed E-state index contributed by atoms with van der Waals surface area (Å²) in [6.45, 7) is 1.99. The standard InChI is InChI=1S/C15H18N2O/c1-11-4-5-13(10-17-11)15(16-2)12-6-8-14(18-3)9-7-12/h4-10,15-16H,1-3H3. The van der Waals surface area contributed by atoms with Crippen molar-refractivity contribution in [1.82, 2.24) is 10.3 Å². The van der Waals surface area contributed by atoms with Crippen molar-refractivity contribution in [2.45, 2.75) is 13.0 Å². The fourth-order valence-corrected chi connectivity index (χ4v) is 1.97. The molecule has 18 heavy (non-hydrogen) atoms. The minimum absolute atomic E-state index is 0.156. The molecule has 2 rings (SSSR count). The largest absolute Gasteiger partial charge is 0.497 e. The van der Waals surface area contributed by atoms with Crippen LogP contribution < -0.4 is 10.1 Å². The quantitative estimate of drug-likeness (QED) is 0.895. The summed E-state index contributed by atoms with van der Waals surface area (Å²) in [5.41, 5.74) is 3.39. The van der Waals surface area contributed by atoms with Gasteiger partial charge >= 0.3 is 0 Å². The Balaban J connectivity index is 2.29. The van der Waals surface area contributed by atoms with Crippen LogP contribution in [-0.4, -0.2) is 19.1 Å². The molecule has 0 aliphatic rings. The Morgan fingerprint density at radius 2 is 1.72 bits per heavy atom. The van der Waals surface area contributed by atoms with E-state index in [4.69, 9.17) is 4.74 Å². The highest BCUT2D eigenvalue weighted by Gasteiger charge is 2.11. The van der Waals surface area contributed by atoms with Gasteiger partial charge in [-0.3, -0.25) is 4.98 Å². The first kappa shape index (κ1) is 12.6. The Kier molecular flexibility index (Phi) is 3.95. The van der Waals surface area contributed by atoms with E-state index >= 15 is 0 Å². The van der Waals surface area contributed by atoms with Crippen LogP contribution in [0.15, 0.2) is 42.6 Å². The molecule has 0 radical (unpaired) electrons. The maximum Gasteiger partial charge on any atom is 0.118 e. The van der Waals surface area contributed by atoms with E-state index in [-0.39, 0.29) is 6.04 Å². The van der Waals surface area contributed by atoms with Crippen molar-refractivity contribution in [2.24, 2.45) is 0 Å². The van der Waals surface area contributed by atoms with Crippen molar-refractivity contribution in [3.8, 4) is 5.75 Å². The van der Waals surface area contributed by atoms with Gasteiger partial charge in [-0.15, -0.1) is 0 Å². The smallest absolute Gasteiger partial charge is 0.118 e. The number of benzene rings is 1. The number of nitrogens with zero attached hydrogens (tertiary/aromatic N) is 1. The van der Waals surface area contributed by atoms with Gasteiger partial charge in [-0.1, -0.05) is 18.2 Å². The topological polar surface area (TPSA) is 34.1 Å². The van der Waals surface area contributed by atoms with Crippen LogP contribution in [0.5, 0.6) is 5.75 Å². The summed E-state index contributed by atoms with van der Waals surface area (Å²) < 4.78 is 5.17. The van der Waals surface area contributed by atoms with Crippen LogP contribution >= 0.6 is 0 Å². The van der Waals surface area contributed by atoms with E-state index in [1.54, 1.807) is 7.11 Å². The molecule has 1 unspecified atom stereocenters. The Hall–Kier alpha value is -1.87. The minimum atomic E-state index is 0.156. The Labute approximate surface area is 108 Å². The van der Waals surface area contributed by atoms with Crippen LogP contribution in [-0.2, 0) is 0 Å². The van der Waals surface area contributed by atoms with Crippen molar-refractivity contribution in [2.75, 3.05) is 14.2 Å². The number of ether oxygens (including phenoxy) is 1. The van der Waals surface area contributed by atoms with Crippen molar-refractivity contribution in [3.05, 3.63) is 59.4 Å². The predicted molar refractivity (Wildman–Crippen MR) is 72.9 cm³/mol. The molecule has 0 aliphatic heterocycles. The summed E-state index contributed by atoms with van der Waals surface area (Å²) in [7, 11) is 3.63. The monoisotopic (exact) mass is 242 g/mol. The van der Waals surface area contributed by atoms with Crippen LogP contribution in [0.25, 0.3) is 0 Å². The molecule has 0 saturated heterocycles. The molecule has 0 saturated carbocycles. The number of methoxy groups -OCH3 is 1. The third-order valence-corrected chi connectivity index (χ3v) is 3.01. The number of pyridine rings is 1. The third kappa shape index (κ3) is 2.68. The summed E-state index contributed by atoms with van der Waals surface area (Å²) in [4.78, 5) is 4.34. The average molecular weight is 242 g/mol. The van der Waals surface area contributed by atoms with E-state index in [1.165, 1.54) is 5.56 Å². The van der Waals surface area contributed by atoms with Gasteiger partial charge in [0.25, 0.3) is 0 Å². The molecule has 1 atom stereocenters. The molecule has 2 aromatic rings. The van der Waals surface area contributed by atoms with Gasteiger partial charge in [-0.2, -0.15) is 0 Å². The maximum atomic E-state index is 5.17. The number of aromatic nitrogens is 1. The lowest BCUT2D eigenvalue weighted by Gasteiger charge is -2.17. The lowest BCUT2D eigenvalue weighted by molar-refractivity contribution is 0.414. The highest BCUT2D eigenvalue weighted by atomic mass is 16.5. The molecular formula is C15H18N2O. The molecule has 1 N–H and O–H groups in total. The van der Waals surface area contributed by atoms with Gasteiger partial charge < -0.3 is 10.1 Å². The van der Waals surface area contributed by atoms with Crippen molar-refractivity contribution in [3.63, 3.8) is 0 Å². The molecule has 0 aliphatic carbocycles. The Bertz CT molecular complexity index is 491. The predicted octanol–water partition coefficient (Wildman–Crippen LogP) is 2.71. The first-order valence-corrected chi connectivity index (χ1v) is 5.98. The number of aryl methyl sites for hydroxylation is 1. The third-order valence-electron chi connectivity index (χ3n) is 3.01. The average Bonchev–Trinajstić information content (AvgIpc) is 2.42. The van der Waals surface area contributed by atoms with Crippen LogP contribution in [0, 0.1) is 6.92 Å². The fourth-order valence-electron chi connectivity index (χ4n) is 1.97. The van der Waals surface area contributed by atoms with E-state index < -0.39 is 0 Å². The summed E-state index contributed by atoms with van der Waals surface area (Å²) >= 11 is 0. The summed E-state index contributed by atoms with van der Waals surface area (Å²) in [5.74, 6) is 0.871. The Morgan fingerprint density at radius 3 is 2.22 bits per heavy atom. The summed E-state index contributed by atoms with van der Waals surface area (Å²) in [5, 5.41) is 3.31. The van der Waals surface area contributed by atoms with E-state index in [1.807, 2.05) is 38.4 Å². The van der Waals surface area contributed by atoms with Crippen LogP contribution in [0.3, 0.4) is 0 Å². The second kappa shape index (κ2) is 5.65. The van der Waals surface area contributed by atoms with Gasteiger partial charge in [0.1, 0.15) is 5.75 Å². The fraction of sp³-hybridized carbons (Fsp3) is 0.267. The zero-order chi connectivity index (χ0) is 13.0. The first-order chi connectivity index (χ1) is 8.74. The normalized spacial score (nSPS) is 12.2. The summed E-state index contributed by atoms with van der Waals surface area (Å²) in [6.07, 6.45) is 1.92. The molecule has 1 aromatic carbocycles. The molecule has 3 nitrogen and oxygen atoms in total. The van der Waals surface area contributed by atoms with Crippen LogP contribution in [0.4, 0.5) is 0 Å². The van der Waals surface area contributed by atoms with Crippen LogP contribution in [0.1, 0.15) is 22.9 Å². The number of nitrogens with one attached hydrogen (secondary N) is 1. The molecule has 0 bridgehead atoms. The second-order valence-electron chi connectivity index (χ2n) is 4.23. The zero-order valence-corrected chi connectivity index (χ0v) is 11.0. The van der Waals surface area contributed by atoms with Gasteiger partial charge in [0, 0.05) is 11.9 Å². The lowest BCUT2D eigenvalue weighted by Crippen LogP contribution is -2.17. The van der Waals surface area contributed by atoms with E-state index in [0.29, 0.717) is 0 Å². The van der Waals surface area contributed by atoms with Crippen LogP contribution in [0.2, 0.25) is 0 Å². The molecule has 1 aromatic heterocycles. The number of rotatable bonds is 4. The zero-order valence-electron chi connectivity index (χ0n) is 11.0. The molecule has 0 amide bonds. The minimum Gasteiger partial charge on any atom is -0.497 e. The lowest BCUT2D eigenvalue weighted by atomic mass is 10.00. The van der Waals surface area contributed by atoms with Gasteiger partial charge in [-0.25, -0.2) is 0 Å². The van der Waals surface area contributed by atoms with Gasteiger partial charge in [0.2, 0.25) is 0 Å². The highest BCUT2D eigenvalue weighted by Crippen LogP contribution is 2.23. The molecule has 1 heterocycles. The number of hydrogen-bond acceptors (Lipinski definition) is 3. The van der Waals surface area contributed by atoms with Crippen molar-refractivity contribution in [1.29, 1.82) is 0 Å². The second-order valence-corrected chi connectivity index (χ2v) is 4.23. The molecular weight excluding hydrogens is 224 g/mol. The molecule has 3 heteroatoms. The summed E-state index contributed by atoms with van der Waals surface area (Å²) in [6, 6.07) is 12.4. The SMILES string of the molecule is CNC(c1ccc(OC)cc1)c1ccc(C)nc1. The molecule has 0 fully saturated rings. The Morgan fingerprint density at radius 1 is 1.06 bits per heavy atom. The van der Waals surface area contributed by atoms with Crippen molar-refractivity contribution >= 4 is 0 Å². The van der Waals surface area contributed by atoms with Gasteiger partial charge in [0.15, 0.2) is 0 Å². The number of hydrogen-bond donors (Lipinski definition) is 1. The van der Waals surface area contributed by atoms with E-state index in [9.17, 15) is 0 Å². The molecule has 94 valence electrons.